The molecule has 0 fully saturated rings. The first-order valence-corrected chi connectivity index (χ1v) is 5.25. The van der Waals surface area contributed by atoms with E-state index in [-0.39, 0.29) is 5.88 Å². The molecule has 3 aromatic rings. The summed E-state index contributed by atoms with van der Waals surface area (Å²) in [4.78, 5) is 8.14. The van der Waals surface area contributed by atoms with Crippen molar-refractivity contribution in [2.75, 3.05) is 0 Å². The summed E-state index contributed by atoms with van der Waals surface area (Å²) >= 11 is 0. The van der Waals surface area contributed by atoms with Crippen molar-refractivity contribution in [1.82, 2.24) is 9.97 Å². The maximum absolute atomic E-state index is 9.63. The fourth-order valence-corrected chi connectivity index (χ4v) is 1.72. The van der Waals surface area contributed by atoms with Gasteiger partial charge in [0.1, 0.15) is 5.52 Å². The quantitative estimate of drug-likeness (QED) is 0.693. The standard InChI is InChI=1S/C13H10N2O2/c1-8-4-5-11-10(7-8)15-13(17-11)9-3-2-6-14-12(9)16/h2-7H,1H3,(H,14,16). The fourth-order valence-electron chi connectivity index (χ4n) is 1.72. The maximum Gasteiger partial charge on any atom is 0.232 e. The molecule has 2 aromatic heterocycles. The van der Waals surface area contributed by atoms with Gasteiger partial charge in [-0.1, -0.05) is 6.07 Å². The molecule has 4 nitrogen and oxygen atoms in total. The number of aromatic hydroxyl groups is 1. The van der Waals surface area contributed by atoms with Gasteiger partial charge in [-0.3, -0.25) is 0 Å². The highest BCUT2D eigenvalue weighted by Gasteiger charge is 2.12. The average Bonchev–Trinajstić information content (AvgIpc) is 2.72. The highest BCUT2D eigenvalue weighted by molar-refractivity contribution is 5.77. The van der Waals surface area contributed by atoms with Gasteiger partial charge < -0.3 is 9.52 Å². The number of nitrogens with zero attached hydrogens (tertiary/aromatic N) is 2. The van der Waals surface area contributed by atoms with Crippen LogP contribution in [-0.4, -0.2) is 15.1 Å². The molecular weight excluding hydrogens is 216 g/mol. The van der Waals surface area contributed by atoms with E-state index in [2.05, 4.69) is 9.97 Å². The molecule has 0 spiro atoms. The Hall–Kier alpha value is -2.36. The van der Waals surface area contributed by atoms with Crippen LogP contribution in [0.5, 0.6) is 5.88 Å². The smallest absolute Gasteiger partial charge is 0.232 e. The average molecular weight is 226 g/mol. The summed E-state index contributed by atoms with van der Waals surface area (Å²) in [7, 11) is 0. The lowest BCUT2D eigenvalue weighted by Crippen LogP contribution is -1.81. The molecule has 2 heterocycles. The Morgan fingerprint density at radius 3 is 2.94 bits per heavy atom. The highest BCUT2D eigenvalue weighted by atomic mass is 16.3. The van der Waals surface area contributed by atoms with Crippen LogP contribution in [-0.2, 0) is 0 Å². The molecule has 0 unspecified atom stereocenters. The molecule has 0 saturated heterocycles. The van der Waals surface area contributed by atoms with Gasteiger partial charge >= 0.3 is 0 Å². The lowest BCUT2D eigenvalue weighted by atomic mass is 10.2. The second-order valence-electron chi connectivity index (χ2n) is 3.86. The third-order valence-electron chi connectivity index (χ3n) is 2.56. The Morgan fingerprint density at radius 1 is 1.24 bits per heavy atom. The summed E-state index contributed by atoms with van der Waals surface area (Å²) in [5.74, 6) is 0.312. The third-order valence-corrected chi connectivity index (χ3v) is 2.56. The van der Waals surface area contributed by atoms with E-state index in [4.69, 9.17) is 4.42 Å². The fraction of sp³-hybridized carbons (Fsp3) is 0.0769. The summed E-state index contributed by atoms with van der Waals surface area (Å²) in [6.45, 7) is 2.00. The predicted octanol–water partition coefficient (Wildman–Crippen LogP) is 2.90. The SMILES string of the molecule is Cc1ccc2oc(-c3cccnc3O)nc2c1. The molecule has 0 radical (unpaired) electrons. The van der Waals surface area contributed by atoms with E-state index in [1.807, 2.05) is 25.1 Å². The van der Waals surface area contributed by atoms with Crippen molar-refractivity contribution in [3.8, 4) is 17.3 Å². The largest absolute Gasteiger partial charge is 0.493 e. The molecule has 1 N–H and O–H groups in total. The third kappa shape index (κ3) is 1.63. The van der Waals surface area contributed by atoms with Crippen LogP contribution in [0, 0.1) is 6.92 Å². The van der Waals surface area contributed by atoms with E-state index in [0.29, 0.717) is 17.0 Å². The van der Waals surface area contributed by atoms with Crippen molar-refractivity contribution in [1.29, 1.82) is 0 Å². The monoisotopic (exact) mass is 226 g/mol. The second kappa shape index (κ2) is 3.59. The number of rotatable bonds is 1. The Bertz CT molecular complexity index is 689. The molecule has 0 amide bonds. The molecule has 0 aliphatic rings. The summed E-state index contributed by atoms with van der Waals surface area (Å²) < 4.78 is 5.58. The minimum Gasteiger partial charge on any atom is -0.493 e. The van der Waals surface area contributed by atoms with Gasteiger partial charge in [0.15, 0.2) is 5.58 Å². The first kappa shape index (κ1) is 9.84. The first-order chi connectivity index (χ1) is 8.24. The van der Waals surface area contributed by atoms with Gasteiger partial charge in [0, 0.05) is 6.20 Å². The Balaban J connectivity index is 2.22. The molecule has 84 valence electrons. The first-order valence-electron chi connectivity index (χ1n) is 5.25. The number of pyridine rings is 1. The number of hydrogen-bond donors (Lipinski definition) is 1. The van der Waals surface area contributed by atoms with Gasteiger partial charge in [-0.25, -0.2) is 9.97 Å². The van der Waals surface area contributed by atoms with Crippen LogP contribution in [0.3, 0.4) is 0 Å². The summed E-state index contributed by atoms with van der Waals surface area (Å²) in [5.41, 5.74) is 3.10. The van der Waals surface area contributed by atoms with Gasteiger partial charge in [0.05, 0.1) is 5.56 Å². The minimum absolute atomic E-state index is 0.0734. The van der Waals surface area contributed by atoms with Gasteiger partial charge in [0.2, 0.25) is 11.8 Å². The normalized spacial score (nSPS) is 10.9. The lowest BCUT2D eigenvalue weighted by Gasteiger charge is -1.96. The van der Waals surface area contributed by atoms with Crippen LogP contribution in [0.1, 0.15) is 5.56 Å². The van der Waals surface area contributed by atoms with Crippen molar-refractivity contribution in [2.45, 2.75) is 6.92 Å². The van der Waals surface area contributed by atoms with Gasteiger partial charge in [-0.15, -0.1) is 0 Å². The highest BCUT2D eigenvalue weighted by Crippen LogP contribution is 2.29. The number of fused-ring (bicyclic) bond motifs is 1. The molecule has 0 aliphatic heterocycles. The van der Waals surface area contributed by atoms with Crippen LogP contribution in [0.2, 0.25) is 0 Å². The number of hydrogen-bond acceptors (Lipinski definition) is 4. The topological polar surface area (TPSA) is 59.2 Å². The van der Waals surface area contributed by atoms with Crippen LogP contribution in [0.4, 0.5) is 0 Å². The zero-order valence-electron chi connectivity index (χ0n) is 9.21. The molecular formula is C13H10N2O2. The Morgan fingerprint density at radius 2 is 2.12 bits per heavy atom. The van der Waals surface area contributed by atoms with E-state index in [0.717, 1.165) is 11.1 Å². The number of benzene rings is 1. The van der Waals surface area contributed by atoms with E-state index < -0.39 is 0 Å². The van der Waals surface area contributed by atoms with Crippen LogP contribution in [0.25, 0.3) is 22.6 Å². The molecule has 3 rings (SSSR count). The van der Waals surface area contributed by atoms with Gasteiger partial charge in [-0.2, -0.15) is 0 Å². The number of aryl methyl sites for hydroxylation is 1. The molecule has 0 bridgehead atoms. The molecule has 0 atom stereocenters. The van der Waals surface area contributed by atoms with E-state index >= 15 is 0 Å². The lowest BCUT2D eigenvalue weighted by molar-refractivity contribution is 0.452. The van der Waals surface area contributed by atoms with Crippen molar-refractivity contribution in [3.63, 3.8) is 0 Å². The van der Waals surface area contributed by atoms with E-state index in [1.165, 1.54) is 6.20 Å². The summed E-state index contributed by atoms with van der Waals surface area (Å²) in [5, 5.41) is 9.63. The molecule has 4 heteroatoms. The van der Waals surface area contributed by atoms with Crippen molar-refractivity contribution >= 4 is 11.1 Å². The molecule has 17 heavy (non-hydrogen) atoms. The van der Waals surface area contributed by atoms with Gasteiger partial charge in [0.25, 0.3) is 0 Å². The van der Waals surface area contributed by atoms with Crippen LogP contribution in [0.15, 0.2) is 40.9 Å². The van der Waals surface area contributed by atoms with Crippen LogP contribution >= 0.6 is 0 Å². The summed E-state index contributed by atoms with van der Waals surface area (Å²) in [6.07, 6.45) is 1.52. The molecule has 0 aliphatic carbocycles. The van der Waals surface area contributed by atoms with Crippen LogP contribution < -0.4 is 0 Å². The van der Waals surface area contributed by atoms with E-state index in [9.17, 15) is 5.11 Å². The Labute approximate surface area is 97.6 Å². The molecule has 0 saturated carbocycles. The summed E-state index contributed by atoms with van der Waals surface area (Å²) in [6, 6.07) is 9.22. The minimum atomic E-state index is -0.0734. The van der Waals surface area contributed by atoms with E-state index in [1.54, 1.807) is 12.1 Å². The molecule has 1 aromatic carbocycles. The number of oxazole rings is 1. The second-order valence-corrected chi connectivity index (χ2v) is 3.86. The number of aromatic nitrogens is 2. The van der Waals surface area contributed by atoms with Gasteiger partial charge in [-0.05, 0) is 36.8 Å². The predicted molar refractivity (Wildman–Crippen MR) is 63.6 cm³/mol. The van der Waals surface area contributed by atoms with Crippen molar-refractivity contribution < 1.29 is 9.52 Å². The zero-order chi connectivity index (χ0) is 11.8. The van der Waals surface area contributed by atoms with Crippen molar-refractivity contribution in [3.05, 3.63) is 42.1 Å². The maximum atomic E-state index is 9.63. The Kier molecular flexibility index (Phi) is 2.08. The van der Waals surface area contributed by atoms with Crippen molar-refractivity contribution in [2.24, 2.45) is 0 Å². The zero-order valence-corrected chi connectivity index (χ0v) is 9.21.